The van der Waals surface area contributed by atoms with Gasteiger partial charge >= 0.3 is 0 Å². The van der Waals surface area contributed by atoms with Crippen LogP contribution in [-0.4, -0.2) is 18.2 Å². The first-order valence-corrected chi connectivity index (χ1v) is 12.9. The summed E-state index contributed by atoms with van der Waals surface area (Å²) in [5.74, 6) is 4.78. The lowest BCUT2D eigenvalue weighted by Crippen LogP contribution is -2.56. The fourth-order valence-corrected chi connectivity index (χ4v) is 9.31. The summed E-state index contributed by atoms with van der Waals surface area (Å²) in [6.07, 6.45) is 15.5. The molecule has 0 aromatic heterocycles. The summed E-state index contributed by atoms with van der Waals surface area (Å²) < 4.78 is 6.80. The second kappa shape index (κ2) is 7.09. The zero-order valence-corrected chi connectivity index (χ0v) is 19.6. The highest BCUT2D eigenvalue weighted by Crippen LogP contribution is 2.69. The van der Waals surface area contributed by atoms with Crippen molar-refractivity contribution in [1.82, 2.24) is 0 Å². The van der Waals surface area contributed by atoms with E-state index in [0.29, 0.717) is 23.7 Å². The Kier molecular flexibility index (Phi) is 5.03. The van der Waals surface area contributed by atoms with Crippen molar-refractivity contribution in [1.29, 1.82) is 0 Å². The van der Waals surface area contributed by atoms with Gasteiger partial charge in [0.25, 0.3) is 0 Å². The van der Waals surface area contributed by atoms with Gasteiger partial charge in [0.05, 0.1) is 12.2 Å². The van der Waals surface area contributed by atoms with Gasteiger partial charge in [-0.15, -0.1) is 0 Å². The van der Waals surface area contributed by atoms with Crippen LogP contribution in [0.25, 0.3) is 0 Å². The van der Waals surface area contributed by atoms with Crippen LogP contribution < -0.4 is 5.73 Å². The third-order valence-corrected chi connectivity index (χ3v) is 10.9. The fraction of sp³-hybridized carbons (Fsp3) is 0.926. The average molecular weight is 400 g/mol. The van der Waals surface area contributed by atoms with Crippen LogP contribution in [0.5, 0.6) is 0 Å². The van der Waals surface area contributed by atoms with Crippen molar-refractivity contribution in [2.75, 3.05) is 0 Å². The Hall–Kier alpha value is -0.340. The molecule has 1 heterocycles. The molecule has 2 N–H and O–H groups in total. The first kappa shape index (κ1) is 20.6. The van der Waals surface area contributed by atoms with E-state index in [4.69, 9.17) is 10.5 Å². The number of allylic oxidation sites excluding steroid dienone is 1. The van der Waals surface area contributed by atoms with Gasteiger partial charge in [0, 0.05) is 11.5 Å². The minimum atomic E-state index is 0.270. The van der Waals surface area contributed by atoms with Crippen LogP contribution in [0, 0.1) is 46.3 Å². The number of rotatable bonds is 3. The Morgan fingerprint density at radius 1 is 1.21 bits per heavy atom. The molecule has 164 valence electrons. The summed E-state index contributed by atoms with van der Waals surface area (Å²) >= 11 is 0. The van der Waals surface area contributed by atoms with Crippen LogP contribution in [0.2, 0.25) is 0 Å². The maximum atomic E-state index is 6.83. The molecular formula is C27H45NO. The quantitative estimate of drug-likeness (QED) is 0.562. The molecule has 1 aliphatic heterocycles. The van der Waals surface area contributed by atoms with E-state index in [9.17, 15) is 0 Å². The molecule has 0 aromatic carbocycles. The van der Waals surface area contributed by atoms with Gasteiger partial charge in [-0.3, -0.25) is 0 Å². The van der Waals surface area contributed by atoms with Gasteiger partial charge in [-0.2, -0.15) is 0 Å². The molecule has 2 heteroatoms. The molecule has 4 fully saturated rings. The van der Waals surface area contributed by atoms with Crippen LogP contribution in [-0.2, 0) is 4.74 Å². The molecule has 1 saturated heterocycles. The minimum Gasteiger partial charge on any atom is -0.374 e. The molecule has 0 radical (unpaired) electrons. The predicted octanol–water partition coefficient (Wildman–Crippen LogP) is 6.34. The molecule has 5 aliphatic rings. The van der Waals surface area contributed by atoms with E-state index in [0.717, 1.165) is 35.5 Å². The zero-order chi connectivity index (χ0) is 20.6. The van der Waals surface area contributed by atoms with Crippen molar-refractivity contribution >= 4 is 0 Å². The monoisotopic (exact) mass is 399 g/mol. The largest absolute Gasteiger partial charge is 0.374 e. The van der Waals surface area contributed by atoms with E-state index in [1.165, 1.54) is 57.8 Å². The Labute approximate surface area is 179 Å². The van der Waals surface area contributed by atoms with Gasteiger partial charge in [-0.05, 0) is 98.7 Å². The van der Waals surface area contributed by atoms with Crippen molar-refractivity contribution in [2.45, 2.75) is 111 Å². The summed E-state index contributed by atoms with van der Waals surface area (Å²) in [6.45, 7) is 12.4. The number of ether oxygens (including phenoxy) is 1. The maximum absolute atomic E-state index is 6.83. The lowest BCUT2D eigenvalue weighted by molar-refractivity contribution is -0.0571. The van der Waals surface area contributed by atoms with Gasteiger partial charge < -0.3 is 10.5 Å². The molecule has 29 heavy (non-hydrogen) atoms. The Balaban J connectivity index is 1.39. The van der Waals surface area contributed by atoms with Crippen LogP contribution in [0.1, 0.15) is 92.4 Å². The molecule has 0 aromatic rings. The first-order valence-electron chi connectivity index (χ1n) is 12.9. The molecule has 5 rings (SSSR count). The molecular weight excluding hydrogens is 354 g/mol. The van der Waals surface area contributed by atoms with Crippen LogP contribution >= 0.6 is 0 Å². The lowest BCUT2D eigenvalue weighted by Gasteiger charge is -2.59. The van der Waals surface area contributed by atoms with E-state index in [1.54, 1.807) is 5.57 Å². The van der Waals surface area contributed by atoms with Gasteiger partial charge in [0.1, 0.15) is 0 Å². The summed E-state index contributed by atoms with van der Waals surface area (Å²) in [7, 11) is 0. The summed E-state index contributed by atoms with van der Waals surface area (Å²) in [5, 5.41) is 0. The first-order chi connectivity index (χ1) is 13.8. The van der Waals surface area contributed by atoms with E-state index in [1.807, 2.05) is 0 Å². The SMILES string of the molecule is CC(C)CCC1O[C@H]2C[C@H]3[C@@H]4CC=C5CCCC(N)[C@]5(C)[C@H]4CC[C@]3(C)[C@H]2[C@@H]1C. The predicted molar refractivity (Wildman–Crippen MR) is 120 cm³/mol. The molecule has 0 amide bonds. The van der Waals surface area contributed by atoms with Gasteiger partial charge in [-0.25, -0.2) is 0 Å². The molecule has 3 saturated carbocycles. The summed E-state index contributed by atoms with van der Waals surface area (Å²) in [4.78, 5) is 0. The Morgan fingerprint density at radius 3 is 2.76 bits per heavy atom. The lowest BCUT2D eigenvalue weighted by atomic mass is 9.46. The Bertz CT molecular complexity index is 669. The third kappa shape index (κ3) is 2.87. The number of fused-ring (bicyclic) bond motifs is 7. The molecule has 2 unspecified atom stereocenters. The zero-order valence-electron chi connectivity index (χ0n) is 19.6. The smallest absolute Gasteiger partial charge is 0.0618 e. The minimum absolute atomic E-state index is 0.270. The average Bonchev–Trinajstić information content (AvgIpc) is 3.15. The van der Waals surface area contributed by atoms with Gasteiger partial charge in [0.2, 0.25) is 0 Å². The van der Waals surface area contributed by atoms with Crippen LogP contribution in [0.15, 0.2) is 11.6 Å². The number of hydrogen-bond donors (Lipinski definition) is 1. The van der Waals surface area contributed by atoms with Crippen LogP contribution in [0.4, 0.5) is 0 Å². The second-order valence-corrected chi connectivity index (χ2v) is 12.5. The Morgan fingerprint density at radius 2 is 2.00 bits per heavy atom. The maximum Gasteiger partial charge on any atom is 0.0618 e. The highest BCUT2D eigenvalue weighted by atomic mass is 16.5. The van der Waals surface area contributed by atoms with Crippen molar-refractivity contribution in [3.63, 3.8) is 0 Å². The molecule has 10 atom stereocenters. The van der Waals surface area contributed by atoms with Crippen molar-refractivity contribution in [2.24, 2.45) is 52.1 Å². The third-order valence-electron chi connectivity index (χ3n) is 10.9. The van der Waals surface area contributed by atoms with E-state index < -0.39 is 0 Å². The van der Waals surface area contributed by atoms with Crippen molar-refractivity contribution < 1.29 is 4.74 Å². The van der Waals surface area contributed by atoms with Crippen molar-refractivity contribution in [3.05, 3.63) is 11.6 Å². The molecule has 2 nitrogen and oxygen atoms in total. The van der Waals surface area contributed by atoms with E-state index in [-0.39, 0.29) is 5.41 Å². The van der Waals surface area contributed by atoms with Gasteiger partial charge in [-0.1, -0.05) is 46.3 Å². The van der Waals surface area contributed by atoms with Crippen molar-refractivity contribution in [3.8, 4) is 0 Å². The number of nitrogens with two attached hydrogens (primary N) is 1. The van der Waals surface area contributed by atoms with Crippen LogP contribution in [0.3, 0.4) is 0 Å². The van der Waals surface area contributed by atoms with Gasteiger partial charge in [0.15, 0.2) is 0 Å². The van der Waals surface area contributed by atoms with E-state index >= 15 is 0 Å². The molecule has 0 bridgehead atoms. The topological polar surface area (TPSA) is 35.2 Å². The highest BCUT2D eigenvalue weighted by Gasteiger charge is 2.65. The fourth-order valence-electron chi connectivity index (χ4n) is 9.31. The van der Waals surface area contributed by atoms with E-state index in [2.05, 4.69) is 40.7 Å². The summed E-state index contributed by atoms with van der Waals surface area (Å²) in [6, 6.07) is 0.371. The standard InChI is InChI=1S/C27H45NO/c1-16(2)9-12-22-17(3)25-23(29-22)15-21-19-11-10-18-7-6-8-24(28)27(18,5)20(19)13-14-26(21,25)4/h10,16-17,19-25H,6-9,11-15,28H2,1-5H3/t17-,19-,20+,21+,22?,23+,24?,25+,26+,27+/m1/s1. The normalized spacial score (nSPS) is 53.8. The number of hydrogen-bond acceptors (Lipinski definition) is 2. The summed E-state index contributed by atoms with van der Waals surface area (Å²) in [5.41, 5.74) is 9.30. The molecule has 4 aliphatic carbocycles. The second-order valence-electron chi connectivity index (χ2n) is 12.5. The highest BCUT2D eigenvalue weighted by molar-refractivity contribution is 5.27. The molecule has 0 spiro atoms.